The molecule has 1 aliphatic carbocycles. The van der Waals surface area contributed by atoms with Gasteiger partial charge in [-0.25, -0.2) is 8.42 Å². The maximum Gasteiger partial charge on any atom is 0.233 e. The van der Waals surface area contributed by atoms with Crippen molar-refractivity contribution < 1.29 is 8.42 Å². The van der Waals surface area contributed by atoms with Gasteiger partial charge in [0.05, 0.1) is 5.75 Å². The van der Waals surface area contributed by atoms with Crippen molar-refractivity contribution in [3.63, 3.8) is 0 Å². The number of hydrogen-bond acceptors (Lipinski definition) is 3. The number of nitrogens with one attached hydrogen (secondary N) is 2. The highest BCUT2D eigenvalue weighted by molar-refractivity contribution is 7.92. The molecule has 19 heavy (non-hydrogen) atoms. The SMILES string of the molecule is CCCNCCS(=O)(=O)Nc1ccc2c(c1)CCC2. The van der Waals surface area contributed by atoms with E-state index in [1.54, 1.807) is 0 Å². The van der Waals surface area contributed by atoms with Crippen LogP contribution in [0.1, 0.15) is 30.9 Å². The zero-order chi connectivity index (χ0) is 13.7. The summed E-state index contributed by atoms with van der Waals surface area (Å²) < 4.78 is 26.5. The lowest BCUT2D eigenvalue weighted by Crippen LogP contribution is -2.27. The lowest BCUT2D eigenvalue weighted by atomic mass is 10.1. The molecule has 0 unspecified atom stereocenters. The summed E-state index contributed by atoms with van der Waals surface area (Å²) in [4.78, 5) is 0. The Balaban J connectivity index is 1.92. The van der Waals surface area contributed by atoms with E-state index in [4.69, 9.17) is 0 Å². The Morgan fingerprint density at radius 2 is 1.95 bits per heavy atom. The molecule has 1 aromatic rings. The summed E-state index contributed by atoms with van der Waals surface area (Å²) in [6, 6.07) is 5.87. The highest BCUT2D eigenvalue weighted by atomic mass is 32.2. The van der Waals surface area contributed by atoms with Crippen LogP contribution in [0.5, 0.6) is 0 Å². The maximum atomic E-state index is 11.9. The molecule has 2 N–H and O–H groups in total. The van der Waals surface area contributed by atoms with Crippen LogP contribution < -0.4 is 10.0 Å². The van der Waals surface area contributed by atoms with Gasteiger partial charge < -0.3 is 5.32 Å². The van der Waals surface area contributed by atoms with Crippen LogP contribution in [0, 0.1) is 0 Å². The van der Waals surface area contributed by atoms with Crippen LogP contribution in [0.4, 0.5) is 5.69 Å². The summed E-state index contributed by atoms with van der Waals surface area (Å²) in [6.07, 6.45) is 4.36. The molecule has 0 spiro atoms. The van der Waals surface area contributed by atoms with Crippen LogP contribution in [0.3, 0.4) is 0 Å². The Kier molecular flexibility index (Phi) is 4.82. The number of benzene rings is 1. The van der Waals surface area contributed by atoms with Crippen LogP contribution >= 0.6 is 0 Å². The van der Waals surface area contributed by atoms with Crippen LogP contribution in [0.25, 0.3) is 0 Å². The zero-order valence-corrected chi connectivity index (χ0v) is 12.2. The normalized spacial score (nSPS) is 14.4. The number of aryl methyl sites for hydroxylation is 2. The van der Waals surface area contributed by atoms with E-state index in [0.29, 0.717) is 12.2 Å². The summed E-state index contributed by atoms with van der Waals surface area (Å²) in [6.45, 7) is 3.41. The lowest BCUT2D eigenvalue weighted by molar-refractivity contribution is 0.595. The summed E-state index contributed by atoms with van der Waals surface area (Å²) in [5, 5.41) is 3.10. The first-order valence-electron chi connectivity index (χ1n) is 6.94. The van der Waals surface area contributed by atoms with E-state index in [0.717, 1.165) is 25.8 Å². The molecule has 0 saturated heterocycles. The van der Waals surface area contributed by atoms with E-state index in [9.17, 15) is 8.42 Å². The van der Waals surface area contributed by atoms with Crippen molar-refractivity contribution >= 4 is 15.7 Å². The van der Waals surface area contributed by atoms with Gasteiger partial charge in [-0.2, -0.15) is 0 Å². The summed E-state index contributed by atoms with van der Waals surface area (Å²) in [5.41, 5.74) is 3.33. The number of anilines is 1. The molecular formula is C14H22N2O2S. The molecule has 0 radical (unpaired) electrons. The first kappa shape index (κ1) is 14.3. The van der Waals surface area contributed by atoms with E-state index < -0.39 is 10.0 Å². The minimum atomic E-state index is -3.25. The van der Waals surface area contributed by atoms with Crippen molar-refractivity contribution in [3.8, 4) is 0 Å². The van der Waals surface area contributed by atoms with E-state index in [1.807, 2.05) is 18.2 Å². The summed E-state index contributed by atoms with van der Waals surface area (Å²) in [5.74, 6) is 0.115. The third-order valence-corrected chi connectivity index (χ3v) is 4.63. The minimum Gasteiger partial charge on any atom is -0.316 e. The number of sulfonamides is 1. The van der Waals surface area contributed by atoms with Gasteiger partial charge in [0.15, 0.2) is 0 Å². The first-order chi connectivity index (χ1) is 9.11. The lowest BCUT2D eigenvalue weighted by Gasteiger charge is -2.10. The highest BCUT2D eigenvalue weighted by Crippen LogP contribution is 2.25. The molecule has 0 atom stereocenters. The average Bonchev–Trinajstić information content (AvgIpc) is 2.81. The summed E-state index contributed by atoms with van der Waals surface area (Å²) in [7, 11) is -3.25. The second kappa shape index (κ2) is 6.39. The molecule has 0 aliphatic heterocycles. The van der Waals surface area contributed by atoms with Crippen molar-refractivity contribution in [1.82, 2.24) is 5.32 Å². The van der Waals surface area contributed by atoms with Gasteiger partial charge in [0.2, 0.25) is 10.0 Å². The molecule has 0 bridgehead atoms. The molecule has 0 heterocycles. The Hall–Kier alpha value is -1.07. The van der Waals surface area contributed by atoms with Crippen LogP contribution in [-0.4, -0.2) is 27.3 Å². The number of hydrogen-bond donors (Lipinski definition) is 2. The van der Waals surface area contributed by atoms with Crippen LogP contribution in [-0.2, 0) is 22.9 Å². The predicted molar refractivity (Wildman–Crippen MR) is 79.0 cm³/mol. The van der Waals surface area contributed by atoms with E-state index >= 15 is 0 Å². The fourth-order valence-electron chi connectivity index (χ4n) is 2.37. The quantitative estimate of drug-likeness (QED) is 0.751. The largest absolute Gasteiger partial charge is 0.316 e. The first-order valence-corrected chi connectivity index (χ1v) is 8.59. The molecule has 0 fully saturated rings. The molecule has 106 valence electrons. The van der Waals surface area contributed by atoms with Gasteiger partial charge in [-0.1, -0.05) is 13.0 Å². The van der Waals surface area contributed by atoms with Crippen molar-refractivity contribution in [2.24, 2.45) is 0 Å². The Morgan fingerprint density at radius 1 is 1.16 bits per heavy atom. The number of fused-ring (bicyclic) bond motifs is 1. The fourth-order valence-corrected chi connectivity index (χ4v) is 3.38. The van der Waals surface area contributed by atoms with Gasteiger partial charge >= 0.3 is 0 Å². The third-order valence-electron chi connectivity index (χ3n) is 3.35. The van der Waals surface area contributed by atoms with Gasteiger partial charge in [-0.15, -0.1) is 0 Å². The molecule has 5 heteroatoms. The average molecular weight is 282 g/mol. The predicted octanol–water partition coefficient (Wildman–Crippen LogP) is 1.92. The Labute approximate surface area is 115 Å². The summed E-state index contributed by atoms with van der Waals surface area (Å²) >= 11 is 0. The molecule has 0 saturated carbocycles. The smallest absolute Gasteiger partial charge is 0.233 e. The Bertz CT molecular complexity index is 526. The second-order valence-corrected chi connectivity index (χ2v) is 6.85. The minimum absolute atomic E-state index is 0.115. The maximum absolute atomic E-state index is 11.9. The van der Waals surface area contributed by atoms with Crippen LogP contribution in [0.15, 0.2) is 18.2 Å². The molecule has 1 aliphatic rings. The van der Waals surface area contributed by atoms with Gasteiger partial charge in [0.25, 0.3) is 0 Å². The standard InChI is InChI=1S/C14H22N2O2S/c1-2-8-15-9-10-19(17,18)16-14-7-6-12-4-3-5-13(12)11-14/h6-7,11,15-16H,2-5,8-10H2,1H3. The van der Waals surface area contributed by atoms with Crippen molar-refractivity contribution in [3.05, 3.63) is 29.3 Å². The number of rotatable bonds is 7. The van der Waals surface area contributed by atoms with Crippen molar-refractivity contribution in [1.29, 1.82) is 0 Å². The fraction of sp³-hybridized carbons (Fsp3) is 0.571. The van der Waals surface area contributed by atoms with Crippen molar-refractivity contribution in [2.45, 2.75) is 32.6 Å². The molecule has 2 rings (SSSR count). The molecule has 0 aromatic heterocycles. The molecule has 1 aromatic carbocycles. The zero-order valence-electron chi connectivity index (χ0n) is 11.4. The molecule has 4 nitrogen and oxygen atoms in total. The van der Waals surface area contributed by atoms with Gasteiger partial charge in [-0.05, 0) is 55.5 Å². The highest BCUT2D eigenvalue weighted by Gasteiger charge is 2.14. The van der Waals surface area contributed by atoms with Gasteiger partial charge in [0, 0.05) is 12.2 Å². The van der Waals surface area contributed by atoms with E-state index in [1.165, 1.54) is 17.5 Å². The van der Waals surface area contributed by atoms with E-state index in [-0.39, 0.29) is 5.75 Å². The van der Waals surface area contributed by atoms with Gasteiger partial charge in [-0.3, -0.25) is 4.72 Å². The molecule has 0 amide bonds. The van der Waals surface area contributed by atoms with Gasteiger partial charge in [0.1, 0.15) is 0 Å². The van der Waals surface area contributed by atoms with Crippen LogP contribution in [0.2, 0.25) is 0 Å². The topological polar surface area (TPSA) is 58.2 Å². The second-order valence-electron chi connectivity index (χ2n) is 5.01. The Morgan fingerprint density at radius 3 is 2.74 bits per heavy atom. The van der Waals surface area contributed by atoms with Crippen molar-refractivity contribution in [2.75, 3.05) is 23.6 Å². The third kappa shape index (κ3) is 4.21. The van der Waals surface area contributed by atoms with E-state index in [2.05, 4.69) is 17.0 Å². The monoisotopic (exact) mass is 282 g/mol. The molecular weight excluding hydrogens is 260 g/mol.